The minimum Gasteiger partial charge on any atom is -0.387 e. The van der Waals surface area contributed by atoms with Crippen LogP contribution in [0.5, 0.6) is 0 Å². The van der Waals surface area contributed by atoms with Crippen LogP contribution in [-0.2, 0) is 17.0 Å². The summed E-state index contributed by atoms with van der Waals surface area (Å²) in [4.78, 5) is 16.3. The van der Waals surface area contributed by atoms with Gasteiger partial charge in [-0.2, -0.15) is 0 Å². The van der Waals surface area contributed by atoms with Gasteiger partial charge >= 0.3 is 0 Å². The molecule has 2 atom stereocenters. The molecule has 4 nitrogen and oxygen atoms in total. The van der Waals surface area contributed by atoms with Gasteiger partial charge in [-0.15, -0.1) is 0 Å². The molecular weight excluding hydrogens is 321 g/mol. The molecule has 0 spiro atoms. The normalized spacial score (nSPS) is 22.8. The van der Waals surface area contributed by atoms with Gasteiger partial charge in [0.05, 0.1) is 11.8 Å². The molecule has 2 N–H and O–H groups in total. The molecule has 0 fully saturated rings. The van der Waals surface area contributed by atoms with E-state index in [4.69, 9.17) is 0 Å². The Hall–Kier alpha value is -2.41. The molecule has 24 heavy (non-hydrogen) atoms. The number of aliphatic hydroxyl groups is 1. The lowest BCUT2D eigenvalue weighted by Gasteiger charge is -2.32. The smallest absolute Gasteiger partial charge is 0.262 e. The Kier molecular flexibility index (Phi) is 4.28. The SMILES string of the molecule is O=C(NCc1c(F)cccc1F)C1(F)CCC(O)c2ncccc21. The summed E-state index contributed by atoms with van der Waals surface area (Å²) in [6.45, 7) is -0.471. The van der Waals surface area contributed by atoms with Gasteiger partial charge in [0.15, 0.2) is 0 Å². The van der Waals surface area contributed by atoms with Crippen molar-refractivity contribution in [2.45, 2.75) is 31.2 Å². The summed E-state index contributed by atoms with van der Waals surface area (Å²) in [5.74, 6) is -2.64. The van der Waals surface area contributed by atoms with Crippen LogP contribution in [-0.4, -0.2) is 16.0 Å². The number of nitrogens with zero attached hydrogens (tertiary/aromatic N) is 1. The van der Waals surface area contributed by atoms with E-state index in [1.807, 2.05) is 0 Å². The predicted molar refractivity (Wildman–Crippen MR) is 79.4 cm³/mol. The van der Waals surface area contributed by atoms with Gasteiger partial charge in [-0.1, -0.05) is 12.1 Å². The summed E-state index contributed by atoms with van der Waals surface area (Å²) in [5.41, 5.74) is -2.64. The largest absolute Gasteiger partial charge is 0.387 e. The summed E-state index contributed by atoms with van der Waals surface area (Å²) in [5, 5.41) is 12.1. The van der Waals surface area contributed by atoms with Crippen LogP contribution in [0.1, 0.15) is 35.8 Å². The first-order valence-corrected chi connectivity index (χ1v) is 7.47. The Balaban J connectivity index is 1.84. The predicted octanol–water partition coefficient (Wildman–Crippen LogP) is 2.67. The van der Waals surface area contributed by atoms with Gasteiger partial charge in [-0.3, -0.25) is 9.78 Å². The molecule has 3 rings (SSSR count). The molecule has 1 aromatic carbocycles. The third kappa shape index (κ3) is 2.75. The number of benzene rings is 1. The Morgan fingerprint density at radius 2 is 2.00 bits per heavy atom. The number of pyridine rings is 1. The van der Waals surface area contributed by atoms with Crippen LogP contribution in [0.2, 0.25) is 0 Å². The summed E-state index contributed by atoms with van der Waals surface area (Å²) in [6.07, 6.45) is 0.253. The van der Waals surface area contributed by atoms with Crippen molar-refractivity contribution in [3.8, 4) is 0 Å². The lowest BCUT2D eigenvalue weighted by Crippen LogP contribution is -2.44. The highest BCUT2D eigenvalue weighted by Crippen LogP contribution is 2.42. The quantitative estimate of drug-likeness (QED) is 0.906. The van der Waals surface area contributed by atoms with E-state index >= 15 is 4.39 Å². The highest BCUT2D eigenvalue weighted by molar-refractivity contribution is 5.87. The number of fused-ring (bicyclic) bond motifs is 1. The van der Waals surface area contributed by atoms with E-state index < -0.39 is 35.9 Å². The molecule has 1 aliphatic carbocycles. The first-order chi connectivity index (χ1) is 11.4. The van der Waals surface area contributed by atoms with Crippen molar-refractivity contribution in [3.63, 3.8) is 0 Å². The van der Waals surface area contributed by atoms with E-state index in [1.54, 1.807) is 0 Å². The zero-order valence-electron chi connectivity index (χ0n) is 12.6. The third-order valence-electron chi connectivity index (χ3n) is 4.19. The summed E-state index contributed by atoms with van der Waals surface area (Å²) < 4.78 is 42.5. The fraction of sp³-hybridized carbons (Fsp3) is 0.294. The summed E-state index contributed by atoms with van der Waals surface area (Å²) >= 11 is 0. The molecule has 0 aliphatic heterocycles. The molecule has 0 saturated carbocycles. The number of hydrogen-bond acceptors (Lipinski definition) is 3. The van der Waals surface area contributed by atoms with Crippen LogP contribution < -0.4 is 5.32 Å². The average Bonchev–Trinajstić information content (AvgIpc) is 2.58. The second-order valence-electron chi connectivity index (χ2n) is 5.67. The number of aromatic nitrogens is 1. The number of nitrogens with one attached hydrogen (secondary N) is 1. The van der Waals surface area contributed by atoms with Crippen LogP contribution in [0.25, 0.3) is 0 Å². The summed E-state index contributed by atoms with van der Waals surface area (Å²) in [7, 11) is 0. The van der Waals surface area contributed by atoms with Gasteiger partial charge in [0.25, 0.3) is 5.91 Å². The Bertz CT molecular complexity index is 764. The molecule has 0 saturated heterocycles. The van der Waals surface area contributed by atoms with Crippen molar-refractivity contribution in [1.29, 1.82) is 0 Å². The van der Waals surface area contributed by atoms with Crippen LogP contribution in [0.4, 0.5) is 13.2 Å². The molecule has 7 heteroatoms. The standard InChI is InChI=1S/C17H15F3N2O2/c18-12-4-1-5-13(19)10(12)9-22-16(24)17(20)7-6-14(23)15-11(17)3-2-8-21-15/h1-5,8,14,23H,6-7,9H2,(H,22,24). The highest BCUT2D eigenvalue weighted by Gasteiger charge is 2.46. The van der Waals surface area contributed by atoms with Crippen molar-refractivity contribution in [2.75, 3.05) is 0 Å². The number of carbonyl (C=O) groups is 1. The molecule has 1 heterocycles. The average molecular weight is 336 g/mol. The van der Waals surface area contributed by atoms with Crippen molar-refractivity contribution in [3.05, 3.63) is 65.0 Å². The molecule has 2 unspecified atom stereocenters. The van der Waals surface area contributed by atoms with Crippen molar-refractivity contribution in [2.24, 2.45) is 0 Å². The second-order valence-corrected chi connectivity index (χ2v) is 5.67. The Labute approximate surface area is 136 Å². The van der Waals surface area contributed by atoms with Crippen molar-refractivity contribution in [1.82, 2.24) is 10.3 Å². The highest BCUT2D eigenvalue weighted by atomic mass is 19.1. The van der Waals surface area contributed by atoms with E-state index in [-0.39, 0.29) is 29.7 Å². The molecule has 126 valence electrons. The molecule has 0 radical (unpaired) electrons. The summed E-state index contributed by atoms with van der Waals surface area (Å²) in [6, 6.07) is 6.18. The second kappa shape index (κ2) is 6.24. The molecule has 1 aliphatic rings. The van der Waals surface area contributed by atoms with Crippen LogP contribution >= 0.6 is 0 Å². The molecule has 1 amide bonds. The number of hydrogen-bond donors (Lipinski definition) is 2. The van der Waals surface area contributed by atoms with Gasteiger partial charge in [0.2, 0.25) is 5.67 Å². The minimum atomic E-state index is -2.40. The lowest BCUT2D eigenvalue weighted by atomic mass is 9.81. The van der Waals surface area contributed by atoms with E-state index in [9.17, 15) is 18.7 Å². The van der Waals surface area contributed by atoms with Crippen LogP contribution in [0.3, 0.4) is 0 Å². The number of alkyl halides is 1. The minimum absolute atomic E-state index is 0.0183. The maximum Gasteiger partial charge on any atom is 0.262 e. The Morgan fingerprint density at radius 1 is 1.29 bits per heavy atom. The fourth-order valence-electron chi connectivity index (χ4n) is 2.87. The third-order valence-corrected chi connectivity index (χ3v) is 4.19. The van der Waals surface area contributed by atoms with Gasteiger partial charge in [0, 0.05) is 23.9 Å². The van der Waals surface area contributed by atoms with Gasteiger partial charge in [-0.25, -0.2) is 13.2 Å². The zero-order valence-corrected chi connectivity index (χ0v) is 12.6. The molecule has 2 aromatic rings. The maximum atomic E-state index is 15.3. The van der Waals surface area contributed by atoms with E-state index in [2.05, 4.69) is 10.3 Å². The first-order valence-electron chi connectivity index (χ1n) is 7.47. The topological polar surface area (TPSA) is 62.2 Å². The first kappa shape index (κ1) is 16.4. The number of carbonyl (C=O) groups excluding carboxylic acids is 1. The fourth-order valence-corrected chi connectivity index (χ4v) is 2.87. The lowest BCUT2D eigenvalue weighted by molar-refractivity contribution is -0.135. The van der Waals surface area contributed by atoms with E-state index in [0.717, 1.165) is 12.1 Å². The Morgan fingerprint density at radius 3 is 2.71 bits per heavy atom. The molecule has 0 bridgehead atoms. The van der Waals surface area contributed by atoms with Gasteiger partial charge < -0.3 is 10.4 Å². The van der Waals surface area contributed by atoms with Crippen LogP contribution in [0.15, 0.2) is 36.5 Å². The van der Waals surface area contributed by atoms with E-state index in [1.165, 1.54) is 24.4 Å². The van der Waals surface area contributed by atoms with Crippen LogP contribution in [0, 0.1) is 11.6 Å². The number of amides is 1. The maximum absolute atomic E-state index is 15.3. The van der Waals surface area contributed by atoms with Gasteiger partial charge in [0.1, 0.15) is 11.6 Å². The monoisotopic (exact) mass is 336 g/mol. The number of rotatable bonds is 3. The van der Waals surface area contributed by atoms with Crippen molar-refractivity contribution >= 4 is 5.91 Å². The molecule has 1 aromatic heterocycles. The number of aliphatic hydroxyl groups excluding tert-OH is 1. The number of halogens is 3. The zero-order chi connectivity index (χ0) is 17.3. The van der Waals surface area contributed by atoms with Gasteiger partial charge in [-0.05, 0) is 31.0 Å². The van der Waals surface area contributed by atoms with Crippen molar-refractivity contribution < 1.29 is 23.1 Å². The van der Waals surface area contributed by atoms with E-state index in [0.29, 0.717) is 0 Å². The molecular formula is C17H15F3N2O2.